The molecular weight excluding hydrogens is 420 g/mol. The predicted octanol–water partition coefficient (Wildman–Crippen LogP) is 3.59. The van der Waals surface area contributed by atoms with E-state index in [2.05, 4.69) is 15.0 Å². The van der Waals surface area contributed by atoms with Crippen molar-refractivity contribution in [1.29, 1.82) is 0 Å². The molecule has 0 saturated carbocycles. The molecule has 1 amide bonds. The minimum Gasteiger partial charge on any atom is -0.480 e. The summed E-state index contributed by atoms with van der Waals surface area (Å²) in [5.41, 5.74) is 0.588. The highest BCUT2D eigenvalue weighted by Crippen LogP contribution is 2.33. The van der Waals surface area contributed by atoms with Crippen LogP contribution in [0.3, 0.4) is 0 Å². The molecular formula is C21H22N4O5S. The molecule has 31 heavy (non-hydrogen) atoms. The number of pyridine rings is 1. The summed E-state index contributed by atoms with van der Waals surface area (Å²) < 4.78 is 12.2. The lowest BCUT2D eigenvalue weighted by atomic mass is 10.2. The molecule has 2 unspecified atom stereocenters. The predicted molar refractivity (Wildman–Crippen MR) is 114 cm³/mol. The van der Waals surface area contributed by atoms with Crippen molar-refractivity contribution in [2.75, 3.05) is 6.54 Å². The van der Waals surface area contributed by atoms with Gasteiger partial charge < -0.3 is 14.6 Å². The Morgan fingerprint density at radius 2 is 2.03 bits per heavy atom. The maximum absolute atomic E-state index is 12.5. The molecule has 9 nitrogen and oxygen atoms in total. The third-order valence-electron chi connectivity index (χ3n) is 4.62. The molecule has 0 aliphatic carbocycles. The van der Waals surface area contributed by atoms with Gasteiger partial charge in [-0.05, 0) is 44.4 Å². The molecule has 3 aromatic heterocycles. The van der Waals surface area contributed by atoms with Crippen LogP contribution in [0.5, 0.6) is 5.88 Å². The fraction of sp³-hybridized carbons (Fsp3) is 0.381. The summed E-state index contributed by atoms with van der Waals surface area (Å²) >= 11 is 1.43. The number of hydrogen-bond acceptors (Lipinski definition) is 8. The molecule has 0 bridgehead atoms. The first-order valence-corrected chi connectivity index (χ1v) is 10.6. The maximum Gasteiger partial charge on any atom is 0.411 e. The molecule has 4 rings (SSSR count). The molecule has 1 saturated heterocycles. The van der Waals surface area contributed by atoms with Crippen LogP contribution < -0.4 is 4.74 Å². The van der Waals surface area contributed by atoms with Crippen molar-refractivity contribution in [3.8, 4) is 17.4 Å². The number of carboxylic acids is 1. The molecule has 4 heterocycles. The number of rotatable bonds is 4. The topological polar surface area (TPSA) is 115 Å². The Balaban J connectivity index is 1.61. The lowest BCUT2D eigenvalue weighted by Crippen LogP contribution is -2.43. The average molecular weight is 442 g/mol. The van der Waals surface area contributed by atoms with Gasteiger partial charge in [0, 0.05) is 12.6 Å². The molecule has 0 aromatic carbocycles. The molecule has 0 spiro atoms. The Bertz CT molecular complexity index is 1110. The van der Waals surface area contributed by atoms with Crippen LogP contribution in [0.4, 0.5) is 4.79 Å². The number of thiophene rings is 1. The van der Waals surface area contributed by atoms with Gasteiger partial charge in [0.15, 0.2) is 5.82 Å². The molecule has 1 N–H and O–H groups in total. The summed E-state index contributed by atoms with van der Waals surface area (Å²) in [4.78, 5) is 38.9. The fourth-order valence-corrected chi connectivity index (χ4v) is 4.09. The van der Waals surface area contributed by atoms with Crippen molar-refractivity contribution in [3.05, 3.63) is 35.8 Å². The number of aliphatic carboxylic acids is 1. The van der Waals surface area contributed by atoms with Gasteiger partial charge in [0.1, 0.15) is 28.1 Å². The summed E-state index contributed by atoms with van der Waals surface area (Å²) in [5.74, 6) is -0.339. The van der Waals surface area contributed by atoms with Crippen LogP contribution >= 0.6 is 11.3 Å². The Labute approximate surface area is 182 Å². The van der Waals surface area contributed by atoms with Gasteiger partial charge in [-0.25, -0.2) is 14.6 Å². The zero-order valence-electron chi connectivity index (χ0n) is 17.3. The maximum atomic E-state index is 12.5. The Hall–Kier alpha value is -3.27. The number of aromatic nitrogens is 3. The minimum atomic E-state index is -1.10. The third-order valence-corrected chi connectivity index (χ3v) is 5.51. The van der Waals surface area contributed by atoms with Gasteiger partial charge in [0.2, 0.25) is 5.88 Å². The van der Waals surface area contributed by atoms with E-state index in [4.69, 9.17) is 9.47 Å². The number of amides is 1. The highest BCUT2D eigenvalue weighted by atomic mass is 32.1. The van der Waals surface area contributed by atoms with Gasteiger partial charge in [-0.15, -0.1) is 11.3 Å². The highest BCUT2D eigenvalue weighted by molar-refractivity contribution is 7.17. The quantitative estimate of drug-likeness (QED) is 0.652. The number of carbonyl (C=O) groups is 2. The SMILES string of the molecule is CC(C)(C)OC(=O)N1CC(Oc2nc(-c3ccccn3)nc3ccsc23)CC1C(=O)O. The van der Waals surface area contributed by atoms with Crippen molar-refractivity contribution in [3.63, 3.8) is 0 Å². The summed E-state index contributed by atoms with van der Waals surface area (Å²) in [6, 6.07) is 6.29. The van der Waals surface area contributed by atoms with Crippen LogP contribution in [-0.4, -0.2) is 61.3 Å². The van der Waals surface area contributed by atoms with E-state index in [9.17, 15) is 14.7 Å². The van der Waals surface area contributed by atoms with E-state index in [-0.39, 0.29) is 13.0 Å². The first-order valence-electron chi connectivity index (χ1n) is 9.77. The third kappa shape index (κ3) is 4.58. The zero-order valence-corrected chi connectivity index (χ0v) is 18.1. The van der Waals surface area contributed by atoms with E-state index in [0.717, 1.165) is 4.70 Å². The lowest BCUT2D eigenvalue weighted by molar-refractivity contribution is -0.142. The minimum absolute atomic E-state index is 0.0850. The second-order valence-corrected chi connectivity index (χ2v) is 9.08. The van der Waals surface area contributed by atoms with E-state index >= 15 is 0 Å². The van der Waals surface area contributed by atoms with E-state index in [1.54, 1.807) is 39.1 Å². The van der Waals surface area contributed by atoms with E-state index in [1.807, 2.05) is 17.5 Å². The number of carbonyl (C=O) groups excluding carboxylic acids is 1. The number of nitrogens with zero attached hydrogens (tertiary/aromatic N) is 4. The second kappa shape index (κ2) is 8.10. The monoisotopic (exact) mass is 442 g/mol. The van der Waals surface area contributed by atoms with Crippen molar-refractivity contribution >= 4 is 33.6 Å². The highest BCUT2D eigenvalue weighted by Gasteiger charge is 2.43. The van der Waals surface area contributed by atoms with Gasteiger partial charge in [-0.3, -0.25) is 9.88 Å². The van der Waals surface area contributed by atoms with Crippen molar-refractivity contribution < 1.29 is 24.2 Å². The van der Waals surface area contributed by atoms with Gasteiger partial charge in [-0.1, -0.05) is 6.07 Å². The number of likely N-dealkylation sites (tertiary alicyclic amines) is 1. The van der Waals surface area contributed by atoms with E-state index < -0.39 is 29.8 Å². The van der Waals surface area contributed by atoms with E-state index in [1.165, 1.54) is 16.2 Å². The Kier molecular flexibility index (Phi) is 5.48. The van der Waals surface area contributed by atoms with Crippen LogP contribution in [-0.2, 0) is 9.53 Å². The zero-order chi connectivity index (χ0) is 22.2. The normalized spacial score (nSPS) is 18.9. The van der Waals surface area contributed by atoms with Gasteiger partial charge in [0.05, 0.1) is 12.1 Å². The molecule has 3 aromatic rings. The number of carboxylic acid groups (broad SMARTS) is 1. The Morgan fingerprint density at radius 3 is 2.71 bits per heavy atom. The first kappa shape index (κ1) is 21.0. The largest absolute Gasteiger partial charge is 0.480 e. The van der Waals surface area contributed by atoms with Crippen LogP contribution in [0.25, 0.3) is 21.7 Å². The van der Waals surface area contributed by atoms with Gasteiger partial charge >= 0.3 is 12.1 Å². The molecule has 1 fully saturated rings. The summed E-state index contributed by atoms with van der Waals surface area (Å²) in [6.45, 7) is 5.29. The van der Waals surface area contributed by atoms with Crippen molar-refractivity contribution in [2.45, 2.75) is 44.9 Å². The number of ether oxygens (including phenoxy) is 2. The van der Waals surface area contributed by atoms with E-state index in [0.29, 0.717) is 22.9 Å². The van der Waals surface area contributed by atoms with Crippen molar-refractivity contribution in [1.82, 2.24) is 19.9 Å². The molecule has 1 aliphatic heterocycles. The van der Waals surface area contributed by atoms with Crippen molar-refractivity contribution in [2.24, 2.45) is 0 Å². The molecule has 10 heteroatoms. The van der Waals surface area contributed by atoms with Gasteiger partial charge in [0.25, 0.3) is 0 Å². The molecule has 0 radical (unpaired) electrons. The van der Waals surface area contributed by atoms with Crippen LogP contribution in [0.15, 0.2) is 35.8 Å². The lowest BCUT2D eigenvalue weighted by Gasteiger charge is -2.26. The first-order chi connectivity index (χ1) is 14.7. The fourth-order valence-electron chi connectivity index (χ4n) is 3.32. The van der Waals surface area contributed by atoms with Crippen LogP contribution in [0.2, 0.25) is 0 Å². The standard InChI is InChI=1S/C21H22N4O5S/c1-21(2,3)30-20(28)25-11-12(10-15(25)19(26)27)29-18-16-13(7-9-31-16)23-17(24-18)14-6-4-5-8-22-14/h4-9,12,15H,10-11H2,1-3H3,(H,26,27). The van der Waals surface area contributed by atoms with Gasteiger partial charge in [-0.2, -0.15) is 4.98 Å². The molecule has 162 valence electrons. The number of fused-ring (bicyclic) bond motifs is 1. The smallest absolute Gasteiger partial charge is 0.411 e. The summed E-state index contributed by atoms with van der Waals surface area (Å²) in [6.07, 6.45) is 0.559. The second-order valence-electron chi connectivity index (χ2n) is 8.16. The summed E-state index contributed by atoms with van der Waals surface area (Å²) in [5, 5.41) is 11.5. The molecule has 1 aliphatic rings. The van der Waals surface area contributed by atoms with Crippen LogP contribution in [0.1, 0.15) is 27.2 Å². The Morgan fingerprint density at radius 1 is 1.23 bits per heavy atom. The average Bonchev–Trinajstić information content (AvgIpc) is 3.34. The van der Waals surface area contributed by atoms with Crippen LogP contribution in [0, 0.1) is 0 Å². The summed E-state index contributed by atoms with van der Waals surface area (Å²) in [7, 11) is 0. The number of hydrogen-bond donors (Lipinski definition) is 1. The molecule has 2 atom stereocenters.